The average molecular weight is 332 g/mol. The second-order valence-corrected chi connectivity index (χ2v) is 6.50. The monoisotopic (exact) mass is 332 g/mol. The van der Waals surface area contributed by atoms with E-state index in [0.717, 1.165) is 21.7 Å². The van der Waals surface area contributed by atoms with E-state index in [-0.39, 0.29) is 5.91 Å². The molecule has 0 aliphatic heterocycles. The maximum atomic E-state index is 12.6. The van der Waals surface area contributed by atoms with Crippen molar-refractivity contribution in [1.82, 2.24) is 0 Å². The highest BCUT2D eigenvalue weighted by Gasteiger charge is 2.15. The lowest BCUT2D eigenvalue weighted by atomic mass is 10.1. The molecule has 0 saturated carbocycles. The molecule has 3 rings (SSSR count). The van der Waals surface area contributed by atoms with Gasteiger partial charge in [-0.1, -0.05) is 29.8 Å². The van der Waals surface area contributed by atoms with E-state index in [1.54, 1.807) is 29.4 Å². The molecule has 0 saturated heterocycles. The van der Waals surface area contributed by atoms with Gasteiger partial charge in [0.2, 0.25) is 0 Å². The van der Waals surface area contributed by atoms with Gasteiger partial charge in [0.25, 0.3) is 5.91 Å². The van der Waals surface area contributed by atoms with Gasteiger partial charge in [-0.25, -0.2) is 0 Å². The molecule has 2 aromatic carbocycles. The van der Waals surface area contributed by atoms with Crippen molar-refractivity contribution in [3.05, 3.63) is 76.7 Å². The molecule has 118 valence electrons. The fourth-order valence-electron chi connectivity index (χ4n) is 2.40. The Balaban J connectivity index is 1.85. The normalized spacial score (nSPS) is 10.2. The molecular formula is C20H16N2OS. The van der Waals surface area contributed by atoms with Crippen molar-refractivity contribution in [2.75, 3.05) is 11.9 Å². The van der Waals surface area contributed by atoms with E-state index in [4.69, 9.17) is 5.26 Å². The summed E-state index contributed by atoms with van der Waals surface area (Å²) in [6.45, 7) is 2.00. The zero-order chi connectivity index (χ0) is 17.1. The van der Waals surface area contributed by atoms with E-state index in [1.165, 1.54) is 0 Å². The Morgan fingerprint density at radius 1 is 1.12 bits per heavy atom. The first-order chi connectivity index (χ1) is 11.6. The van der Waals surface area contributed by atoms with Crippen molar-refractivity contribution in [3.8, 4) is 16.5 Å². The molecule has 0 bridgehead atoms. The summed E-state index contributed by atoms with van der Waals surface area (Å²) in [5.41, 5.74) is 4.27. The van der Waals surface area contributed by atoms with Crippen molar-refractivity contribution in [2.45, 2.75) is 6.92 Å². The van der Waals surface area contributed by atoms with Crippen LogP contribution in [0.2, 0.25) is 0 Å². The zero-order valence-corrected chi connectivity index (χ0v) is 14.3. The number of hydrogen-bond acceptors (Lipinski definition) is 3. The summed E-state index contributed by atoms with van der Waals surface area (Å²) in [7, 11) is 1.78. The van der Waals surface area contributed by atoms with Gasteiger partial charge in [0.15, 0.2) is 0 Å². The molecule has 0 spiro atoms. The molecule has 0 unspecified atom stereocenters. The second-order valence-electron chi connectivity index (χ2n) is 5.59. The number of nitriles is 1. The summed E-state index contributed by atoms with van der Waals surface area (Å²) in [6.07, 6.45) is 0. The number of anilines is 1. The van der Waals surface area contributed by atoms with Crippen molar-refractivity contribution < 1.29 is 4.79 Å². The maximum Gasteiger partial charge on any atom is 0.258 e. The van der Waals surface area contributed by atoms with Crippen molar-refractivity contribution in [3.63, 3.8) is 0 Å². The molecule has 0 aliphatic rings. The smallest absolute Gasteiger partial charge is 0.258 e. The van der Waals surface area contributed by atoms with Gasteiger partial charge >= 0.3 is 0 Å². The highest BCUT2D eigenvalue weighted by Crippen LogP contribution is 2.32. The third kappa shape index (κ3) is 3.22. The Labute approximate surface area is 145 Å². The molecule has 0 N–H and O–H groups in total. The lowest BCUT2D eigenvalue weighted by Gasteiger charge is -2.15. The Bertz CT molecular complexity index is 919. The van der Waals surface area contributed by atoms with Crippen LogP contribution in [-0.2, 0) is 0 Å². The summed E-state index contributed by atoms with van der Waals surface area (Å²) in [5.74, 6) is -0.0369. The zero-order valence-electron chi connectivity index (χ0n) is 13.5. The highest BCUT2D eigenvalue weighted by molar-refractivity contribution is 7.14. The van der Waals surface area contributed by atoms with Crippen LogP contribution in [0.3, 0.4) is 0 Å². The van der Waals surface area contributed by atoms with E-state index < -0.39 is 0 Å². The minimum atomic E-state index is -0.0369. The first-order valence-electron chi connectivity index (χ1n) is 7.52. The topological polar surface area (TPSA) is 44.1 Å². The number of hydrogen-bond donors (Lipinski definition) is 0. The van der Waals surface area contributed by atoms with Crippen LogP contribution in [0, 0.1) is 18.3 Å². The highest BCUT2D eigenvalue weighted by atomic mass is 32.1. The van der Waals surface area contributed by atoms with E-state index in [0.29, 0.717) is 11.1 Å². The Morgan fingerprint density at radius 3 is 2.58 bits per heavy atom. The Morgan fingerprint density at radius 2 is 1.88 bits per heavy atom. The predicted molar refractivity (Wildman–Crippen MR) is 98.4 cm³/mol. The first-order valence-corrected chi connectivity index (χ1v) is 8.40. The van der Waals surface area contributed by atoms with Gasteiger partial charge in [0.1, 0.15) is 0 Å². The van der Waals surface area contributed by atoms with Crippen LogP contribution in [-0.4, -0.2) is 13.0 Å². The van der Waals surface area contributed by atoms with E-state index in [1.807, 2.05) is 60.8 Å². The van der Waals surface area contributed by atoms with Crippen LogP contribution < -0.4 is 4.90 Å². The lowest BCUT2D eigenvalue weighted by molar-refractivity contribution is 0.0993. The molecule has 3 aromatic rings. The SMILES string of the molecule is Cc1ccc(C(=O)N(C)c2csc(-c3cccc(C#N)c3)c2)cc1. The van der Waals surface area contributed by atoms with Crippen LogP contribution >= 0.6 is 11.3 Å². The molecule has 4 heteroatoms. The quantitative estimate of drug-likeness (QED) is 0.686. The molecular weight excluding hydrogens is 316 g/mol. The molecule has 1 amide bonds. The van der Waals surface area contributed by atoms with E-state index in [2.05, 4.69) is 6.07 Å². The van der Waals surface area contributed by atoms with Crippen LogP contribution in [0.5, 0.6) is 0 Å². The third-order valence-electron chi connectivity index (χ3n) is 3.85. The average Bonchev–Trinajstić information content (AvgIpc) is 3.11. The molecule has 1 aromatic heterocycles. The third-order valence-corrected chi connectivity index (χ3v) is 4.82. The minimum Gasteiger partial charge on any atom is -0.311 e. The number of thiophene rings is 1. The van der Waals surface area contributed by atoms with Crippen molar-refractivity contribution >= 4 is 22.9 Å². The van der Waals surface area contributed by atoms with Gasteiger partial charge < -0.3 is 4.90 Å². The van der Waals surface area contributed by atoms with Crippen LogP contribution in [0.4, 0.5) is 5.69 Å². The summed E-state index contributed by atoms with van der Waals surface area (Å²) in [5, 5.41) is 11.0. The fraction of sp³-hybridized carbons (Fsp3) is 0.100. The fourth-order valence-corrected chi connectivity index (χ4v) is 3.33. The van der Waals surface area contributed by atoms with Gasteiger partial charge in [-0.2, -0.15) is 5.26 Å². The number of carbonyl (C=O) groups excluding carboxylic acids is 1. The molecule has 0 radical (unpaired) electrons. The molecule has 0 fully saturated rings. The number of aryl methyl sites for hydroxylation is 1. The van der Waals surface area contributed by atoms with Crippen LogP contribution in [0.1, 0.15) is 21.5 Å². The standard InChI is InChI=1S/C20H16N2OS/c1-14-6-8-16(9-7-14)20(23)22(2)18-11-19(24-13-18)17-5-3-4-15(10-17)12-21/h3-11,13H,1-2H3. The van der Waals surface area contributed by atoms with Crippen LogP contribution in [0.15, 0.2) is 60.0 Å². The number of nitrogens with zero attached hydrogens (tertiary/aromatic N) is 2. The Kier molecular flexibility index (Phi) is 4.45. The summed E-state index contributed by atoms with van der Waals surface area (Å²) >= 11 is 1.56. The lowest BCUT2D eigenvalue weighted by Crippen LogP contribution is -2.25. The Hall–Kier alpha value is -2.90. The number of benzene rings is 2. The molecule has 0 aliphatic carbocycles. The van der Waals surface area contributed by atoms with Gasteiger partial charge in [-0.15, -0.1) is 11.3 Å². The maximum absolute atomic E-state index is 12.6. The van der Waals surface area contributed by atoms with Gasteiger partial charge in [-0.05, 0) is 42.8 Å². The van der Waals surface area contributed by atoms with Crippen molar-refractivity contribution in [2.24, 2.45) is 0 Å². The molecule has 24 heavy (non-hydrogen) atoms. The molecule has 1 heterocycles. The van der Waals surface area contributed by atoms with E-state index >= 15 is 0 Å². The van der Waals surface area contributed by atoms with E-state index in [9.17, 15) is 4.79 Å². The predicted octanol–water partition coefficient (Wildman–Crippen LogP) is 4.87. The molecule has 0 atom stereocenters. The van der Waals surface area contributed by atoms with Gasteiger partial charge in [-0.3, -0.25) is 4.79 Å². The van der Waals surface area contributed by atoms with Crippen molar-refractivity contribution in [1.29, 1.82) is 5.26 Å². The number of rotatable bonds is 3. The van der Waals surface area contributed by atoms with Gasteiger partial charge in [0.05, 0.1) is 17.3 Å². The minimum absolute atomic E-state index is 0.0369. The second kappa shape index (κ2) is 6.69. The first kappa shape index (κ1) is 16.0. The molecule has 3 nitrogen and oxygen atoms in total. The number of amides is 1. The summed E-state index contributed by atoms with van der Waals surface area (Å²) < 4.78 is 0. The number of carbonyl (C=O) groups is 1. The van der Waals surface area contributed by atoms with Gasteiger partial charge in [0, 0.05) is 22.9 Å². The largest absolute Gasteiger partial charge is 0.311 e. The summed E-state index contributed by atoms with van der Waals surface area (Å²) in [4.78, 5) is 15.3. The van der Waals surface area contributed by atoms with Crippen LogP contribution in [0.25, 0.3) is 10.4 Å². The summed E-state index contributed by atoms with van der Waals surface area (Å²) in [6, 6.07) is 19.2.